The quantitative estimate of drug-likeness (QED) is 0.717. The van der Waals surface area contributed by atoms with E-state index < -0.39 is 5.54 Å². The van der Waals surface area contributed by atoms with Gasteiger partial charge in [-0.1, -0.05) is 12.1 Å². The van der Waals surface area contributed by atoms with Gasteiger partial charge in [0.1, 0.15) is 0 Å². The number of hydrogen-bond acceptors (Lipinski definition) is 5. The molecule has 0 radical (unpaired) electrons. The van der Waals surface area contributed by atoms with Crippen LogP contribution in [0.15, 0.2) is 24.3 Å². The first-order chi connectivity index (χ1) is 8.98. The highest BCUT2D eigenvalue weighted by Gasteiger charge is 2.20. The lowest BCUT2D eigenvalue weighted by atomic mass is 10.1. The van der Waals surface area contributed by atoms with E-state index in [1.165, 1.54) is 0 Å². The van der Waals surface area contributed by atoms with Gasteiger partial charge in [0.15, 0.2) is 18.1 Å². The monoisotopic (exact) mass is 268 g/mol. The van der Waals surface area contributed by atoms with Gasteiger partial charge in [-0.3, -0.25) is 4.79 Å². The summed E-state index contributed by atoms with van der Waals surface area (Å²) in [6.45, 7) is 3.73. The zero-order chi connectivity index (χ0) is 14.3. The number of nitrogens with two attached hydrogens (primary N) is 1. The summed E-state index contributed by atoms with van der Waals surface area (Å²) in [5, 5.41) is 2.76. The number of carbonyl (C=O) groups is 1. The molecule has 1 amide bonds. The smallest absolute Gasteiger partial charge is 0.258 e. The lowest BCUT2D eigenvalue weighted by Crippen LogP contribution is -2.49. The van der Waals surface area contributed by atoms with E-state index in [1.807, 2.05) is 12.1 Å². The van der Waals surface area contributed by atoms with Gasteiger partial charge in [-0.05, 0) is 26.0 Å². The Balaban J connectivity index is 2.50. The second-order valence-electron chi connectivity index (χ2n) is 4.68. The number of methoxy groups -OCH3 is 1. The van der Waals surface area contributed by atoms with Crippen molar-refractivity contribution in [2.24, 2.45) is 5.90 Å². The first-order valence-corrected chi connectivity index (χ1v) is 5.87. The van der Waals surface area contributed by atoms with E-state index in [4.69, 9.17) is 15.4 Å². The van der Waals surface area contributed by atoms with Crippen molar-refractivity contribution in [2.75, 3.05) is 20.3 Å². The highest BCUT2D eigenvalue weighted by Crippen LogP contribution is 2.25. The Morgan fingerprint density at radius 2 is 1.95 bits per heavy atom. The predicted octanol–water partition coefficient (Wildman–Crippen LogP) is 0.859. The van der Waals surface area contributed by atoms with Gasteiger partial charge in [-0.2, -0.15) is 0 Å². The summed E-state index contributed by atoms with van der Waals surface area (Å²) in [6.07, 6.45) is 0. The van der Waals surface area contributed by atoms with E-state index >= 15 is 0 Å². The van der Waals surface area contributed by atoms with E-state index in [0.717, 1.165) is 0 Å². The average molecular weight is 268 g/mol. The molecule has 1 aromatic carbocycles. The van der Waals surface area contributed by atoms with E-state index in [1.54, 1.807) is 33.1 Å². The third-order valence-electron chi connectivity index (χ3n) is 2.35. The molecule has 0 aromatic heterocycles. The Morgan fingerprint density at radius 1 is 1.32 bits per heavy atom. The van der Waals surface area contributed by atoms with Gasteiger partial charge < -0.3 is 19.6 Å². The van der Waals surface area contributed by atoms with Crippen molar-refractivity contribution >= 4 is 5.91 Å². The van der Waals surface area contributed by atoms with Gasteiger partial charge in [0.25, 0.3) is 5.91 Å². The number of rotatable bonds is 7. The van der Waals surface area contributed by atoms with Crippen molar-refractivity contribution in [3.63, 3.8) is 0 Å². The normalized spacial score (nSPS) is 10.9. The number of ether oxygens (including phenoxy) is 2. The molecule has 0 saturated heterocycles. The number of para-hydroxylation sites is 2. The maximum absolute atomic E-state index is 11.7. The summed E-state index contributed by atoms with van der Waals surface area (Å²) < 4.78 is 10.5. The topological polar surface area (TPSA) is 82.8 Å². The minimum atomic E-state index is -0.546. The van der Waals surface area contributed by atoms with Crippen LogP contribution in [-0.2, 0) is 9.63 Å². The maximum Gasteiger partial charge on any atom is 0.258 e. The molecule has 1 rings (SSSR count). The number of benzene rings is 1. The molecular weight excluding hydrogens is 248 g/mol. The molecule has 0 aliphatic heterocycles. The molecule has 19 heavy (non-hydrogen) atoms. The van der Waals surface area contributed by atoms with E-state index in [-0.39, 0.29) is 19.1 Å². The van der Waals surface area contributed by atoms with Gasteiger partial charge in [0, 0.05) is 0 Å². The van der Waals surface area contributed by atoms with Gasteiger partial charge in [0.2, 0.25) is 0 Å². The molecule has 0 aliphatic carbocycles. The van der Waals surface area contributed by atoms with Crippen LogP contribution in [0.5, 0.6) is 11.5 Å². The number of hydrogen-bond donors (Lipinski definition) is 2. The molecule has 0 bridgehead atoms. The van der Waals surface area contributed by atoms with Gasteiger partial charge in [-0.15, -0.1) is 0 Å². The van der Waals surface area contributed by atoms with Crippen LogP contribution in [-0.4, -0.2) is 31.8 Å². The molecule has 0 unspecified atom stereocenters. The van der Waals surface area contributed by atoms with Crippen LogP contribution in [0.4, 0.5) is 0 Å². The van der Waals surface area contributed by atoms with Crippen molar-refractivity contribution in [3.05, 3.63) is 24.3 Å². The SMILES string of the molecule is COc1ccccc1OCC(=O)NC(C)(C)CON. The third-order valence-corrected chi connectivity index (χ3v) is 2.35. The molecule has 6 nitrogen and oxygen atoms in total. The van der Waals surface area contributed by atoms with Crippen LogP contribution in [0.1, 0.15) is 13.8 Å². The van der Waals surface area contributed by atoms with E-state index in [2.05, 4.69) is 10.2 Å². The largest absolute Gasteiger partial charge is 0.493 e. The Labute approximate surface area is 112 Å². The molecule has 0 aliphatic rings. The minimum Gasteiger partial charge on any atom is -0.493 e. The molecule has 0 spiro atoms. The number of nitrogens with one attached hydrogen (secondary N) is 1. The van der Waals surface area contributed by atoms with Crippen molar-refractivity contribution < 1.29 is 19.1 Å². The molecule has 0 saturated carbocycles. The Kier molecular flexibility index (Phi) is 5.59. The summed E-state index contributed by atoms with van der Waals surface area (Å²) in [4.78, 5) is 16.3. The molecule has 106 valence electrons. The van der Waals surface area contributed by atoms with Crippen LogP contribution >= 0.6 is 0 Å². The molecule has 3 N–H and O–H groups in total. The number of amides is 1. The Morgan fingerprint density at radius 3 is 2.53 bits per heavy atom. The third kappa shape index (κ3) is 5.15. The second-order valence-corrected chi connectivity index (χ2v) is 4.68. The minimum absolute atomic E-state index is 0.103. The molecule has 0 atom stereocenters. The Bertz CT molecular complexity index is 421. The van der Waals surface area contributed by atoms with Crippen LogP contribution in [0.25, 0.3) is 0 Å². The van der Waals surface area contributed by atoms with Crippen LogP contribution in [0.2, 0.25) is 0 Å². The fourth-order valence-electron chi connectivity index (χ4n) is 1.54. The van der Waals surface area contributed by atoms with Crippen LogP contribution in [0, 0.1) is 0 Å². The molecule has 6 heteroatoms. The molecule has 1 aromatic rings. The fourth-order valence-corrected chi connectivity index (χ4v) is 1.54. The first-order valence-electron chi connectivity index (χ1n) is 5.87. The zero-order valence-corrected chi connectivity index (χ0v) is 11.4. The molecule has 0 heterocycles. The summed E-state index contributed by atoms with van der Waals surface area (Å²) >= 11 is 0. The lowest BCUT2D eigenvalue weighted by Gasteiger charge is -2.24. The van der Waals surface area contributed by atoms with Crippen molar-refractivity contribution in [1.29, 1.82) is 0 Å². The Hall–Kier alpha value is -1.79. The summed E-state index contributed by atoms with van der Waals surface area (Å²) in [5.41, 5.74) is -0.546. The summed E-state index contributed by atoms with van der Waals surface area (Å²) in [5.74, 6) is 5.84. The summed E-state index contributed by atoms with van der Waals surface area (Å²) in [7, 11) is 1.55. The maximum atomic E-state index is 11.7. The van der Waals surface area contributed by atoms with Gasteiger partial charge in [0.05, 0.1) is 19.3 Å². The first kappa shape index (κ1) is 15.3. The average Bonchev–Trinajstić information content (AvgIpc) is 2.36. The molecular formula is C13H20N2O4. The van der Waals surface area contributed by atoms with Crippen molar-refractivity contribution in [3.8, 4) is 11.5 Å². The van der Waals surface area contributed by atoms with Crippen molar-refractivity contribution in [1.82, 2.24) is 5.32 Å². The lowest BCUT2D eigenvalue weighted by molar-refractivity contribution is -0.125. The van der Waals surface area contributed by atoms with Gasteiger partial charge in [-0.25, -0.2) is 5.90 Å². The highest BCUT2D eigenvalue weighted by molar-refractivity contribution is 5.78. The summed E-state index contributed by atoms with van der Waals surface area (Å²) in [6, 6.07) is 7.13. The zero-order valence-electron chi connectivity index (χ0n) is 11.4. The standard InChI is InChI=1S/C13H20N2O4/c1-13(2,9-19-14)15-12(16)8-18-11-7-5-4-6-10(11)17-3/h4-7H,8-9,14H2,1-3H3,(H,15,16). The van der Waals surface area contributed by atoms with Gasteiger partial charge >= 0.3 is 0 Å². The van der Waals surface area contributed by atoms with Crippen molar-refractivity contribution in [2.45, 2.75) is 19.4 Å². The predicted molar refractivity (Wildman–Crippen MR) is 70.9 cm³/mol. The number of carbonyl (C=O) groups excluding carboxylic acids is 1. The van der Waals surface area contributed by atoms with Crippen LogP contribution in [0.3, 0.4) is 0 Å². The van der Waals surface area contributed by atoms with E-state index in [0.29, 0.717) is 11.5 Å². The fraction of sp³-hybridized carbons (Fsp3) is 0.462. The second kappa shape index (κ2) is 6.96. The molecule has 0 fully saturated rings. The highest BCUT2D eigenvalue weighted by atomic mass is 16.6. The van der Waals surface area contributed by atoms with E-state index in [9.17, 15) is 4.79 Å². The van der Waals surface area contributed by atoms with Crippen LogP contribution < -0.4 is 20.7 Å².